The SMILES string of the molecule is COc1cc(S(=O)(=O)NC2CCCCC2C)ccc1N. The van der Waals surface area contributed by atoms with Gasteiger partial charge in [0, 0.05) is 12.1 Å². The predicted octanol–water partition coefficient (Wildman–Crippen LogP) is 2.13. The standard InChI is InChI=1S/C14H22N2O3S/c1-10-5-3-4-6-13(10)16-20(17,18)11-7-8-12(15)14(9-11)19-2/h7-10,13,16H,3-6,15H2,1-2H3. The molecule has 0 spiro atoms. The van der Waals surface area contributed by atoms with Gasteiger partial charge >= 0.3 is 0 Å². The van der Waals surface area contributed by atoms with E-state index in [4.69, 9.17) is 10.5 Å². The Hall–Kier alpha value is -1.27. The largest absolute Gasteiger partial charge is 0.495 e. The van der Waals surface area contributed by atoms with Crippen LogP contribution in [0.4, 0.5) is 5.69 Å². The van der Waals surface area contributed by atoms with E-state index in [0.29, 0.717) is 17.4 Å². The van der Waals surface area contributed by atoms with Gasteiger partial charge in [-0.05, 0) is 30.9 Å². The predicted molar refractivity (Wildman–Crippen MR) is 79.1 cm³/mol. The van der Waals surface area contributed by atoms with Crippen molar-refractivity contribution in [1.29, 1.82) is 0 Å². The van der Waals surface area contributed by atoms with Gasteiger partial charge in [-0.1, -0.05) is 19.8 Å². The normalized spacial score (nSPS) is 23.5. The van der Waals surface area contributed by atoms with E-state index in [2.05, 4.69) is 11.6 Å². The summed E-state index contributed by atoms with van der Waals surface area (Å²) in [5, 5.41) is 0. The average molecular weight is 298 g/mol. The highest BCUT2D eigenvalue weighted by Gasteiger charge is 2.27. The van der Waals surface area contributed by atoms with Crippen LogP contribution in [0.5, 0.6) is 5.75 Å². The van der Waals surface area contributed by atoms with Crippen molar-refractivity contribution in [1.82, 2.24) is 4.72 Å². The Morgan fingerprint density at radius 1 is 1.30 bits per heavy atom. The Labute approximate surface area is 120 Å². The zero-order chi connectivity index (χ0) is 14.8. The summed E-state index contributed by atoms with van der Waals surface area (Å²) in [6, 6.07) is 4.54. The lowest BCUT2D eigenvalue weighted by molar-refractivity contribution is 0.310. The second-order valence-corrected chi connectivity index (χ2v) is 7.11. The Kier molecular flexibility index (Phi) is 4.55. The van der Waals surface area contributed by atoms with Crippen molar-refractivity contribution in [2.75, 3.05) is 12.8 Å². The summed E-state index contributed by atoms with van der Waals surface area (Å²) >= 11 is 0. The molecule has 0 saturated heterocycles. The van der Waals surface area contributed by atoms with Crippen LogP contribution in [-0.2, 0) is 10.0 Å². The van der Waals surface area contributed by atoms with Crippen molar-refractivity contribution in [2.24, 2.45) is 5.92 Å². The maximum atomic E-state index is 12.4. The summed E-state index contributed by atoms with van der Waals surface area (Å²) in [6.45, 7) is 2.09. The van der Waals surface area contributed by atoms with Gasteiger partial charge in [-0.3, -0.25) is 0 Å². The number of nitrogen functional groups attached to an aromatic ring is 1. The van der Waals surface area contributed by atoms with Crippen LogP contribution in [0.3, 0.4) is 0 Å². The smallest absolute Gasteiger partial charge is 0.240 e. The average Bonchev–Trinajstić information content (AvgIpc) is 2.41. The quantitative estimate of drug-likeness (QED) is 0.834. The first kappa shape index (κ1) is 15.1. The van der Waals surface area contributed by atoms with Crippen LogP contribution in [0.25, 0.3) is 0 Å². The number of rotatable bonds is 4. The van der Waals surface area contributed by atoms with Crippen molar-refractivity contribution >= 4 is 15.7 Å². The van der Waals surface area contributed by atoms with E-state index >= 15 is 0 Å². The molecule has 20 heavy (non-hydrogen) atoms. The number of hydrogen-bond acceptors (Lipinski definition) is 4. The number of methoxy groups -OCH3 is 1. The third kappa shape index (κ3) is 3.24. The lowest BCUT2D eigenvalue weighted by Crippen LogP contribution is -2.40. The Bertz CT molecular complexity index is 572. The maximum Gasteiger partial charge on any atom is 0.240 e. The topological polar surface area (TPSA) is 81.4 Å². The Balaban J connectivity index is 2.21. The first-order valence-electron chi connectivity index (χ1n) is 6.90. The number of sulfonamides is 1. The van der Waals surface area contributed by atoms with Gasteiger partial charge in [0.25, 0.3) is 0 Å². The first-order valence-corrected chi connectivity index (χ1v) is 8.38. The van der Waals surface area contributed by atoms with Crippen molar-refractivity contribution in [3.8, 4) is 5.75 Å². The summed E-state index contributed by atoms with van der Waals surface area (Å²) in [5.74, 6) is 0.749. The van der Waals surface area contributed by atoms with Crippen LogP contribution in [0.1, 0.15) is 32.6 Å². The van der Waals surface area contributed by atoms with E-state index < -0.39 is 10.0 Å². The van der Waals surface area contributed by atoms with E-state index in [0.717, 1.165) is 19.3 Å². The third-order valence-corrected chi connectivity index (χ3v) is 5.42. The van der Waals surface area contributed by atoms with E-state index in [1.807, 2.05) is 0 Å². The van der Waals surface area contributed by atoms with Crippen molar-refractivity contribution in [2.45, 2.75) is 43.5 Å². The highest BCUT2D eigenvalue weighted by Crippen LogP contribution is 2.28. The van der Waals surface area contributed by atoms with Crippen LogP contribution >= 0.6 is 0 Å². The summed E-state index contributed by atoms with van der Waals surface area (Å²) in [6.07, 6.45) is 4.21. The van der Waals surface area contributed by atoms with Gasteiger partial charge in [-0.15, -0.1) is 0 Å². The monoisotopic (exact) mass is 298 g/mol. The molecule has 6 heteroatoms. The van der Waals surface area contributed by atoms with Gasteiger partial charge < -0.3 is 10.5 Å². The molecule has 0 amide bonds. The molecule has 5 nitrogen and oxygen atoms in total. The summed E-state index contributed by atoms with van der Waals surface area (Å²) in [4.78, 5) is 0.196. The second-order valence-electron chi connectivity index (χ2n) is 5.39. The molecule has 1 fully saturated rings. The molecule has 1 aromatic carbocycles. The molecular weight excluding hydrogens is 276 g/mol. The molecule has 0 heterocycles. The zero-order valence-electron chi connectivity index (χ0n) is 11.9. The van der Waals surface area contributed by atoms with Gasteiger partial charge in [0.2, 0.25) is 10.0 Å². The lowest BCUT2D eigenvalue weighted by atomic mass is 9.87. The minimum Gasteiger partial charge on any atom is -0.495 e. The highest BCUT2D eigenvalue weighted by atomic mass is 32.2. The van der Waals surface area contributed by atoms with E-state index in [9.17, 15) is 8.42 Å². The van der Waals surface area contributed by atoms with Gasteiger partial charge in [-0.2, -0.15) is 0 Å². The molecule has 2 atom stereocenters. The number of nitrogens with two attached hydrogens (primary N) is 1. The molecule has 1 aromatic rings. The molecule has 3 N–H and O–H groups in total. The molecule has 1 aliphatic carbocycles. The van der Waals surface area contributed by atoms with Gasteiger partial charge in [0.05, 0.1) is 17.7 Å². The number of benzene rings is 1. The van der Waals surface area contributed by atoms with Crippen molar-refractivity contribution in [3.63, 3.8) is 0 Å². The molecule has 1 saturated carbocycles. The fourth-order valence-corrected chi connectivity index (χ4v) is 4.01. The first-order chi connectivity index (χ1) is 9.44. The molecule has 0 aromatic heterocycles. The van der Waals surface area contributed by atoms with Crippen LogP contribution in [0.15, 0.2) is 23.1 Å². The molecule has 112 valence electrons. The summed E-state index contributed by atoms with van der Waals surface area (Å²) < 4.78 is 32.7. The summed E-state index contributed by atoms with van der Waals surface area (Å²) in [5.41, 5.74) is 6.14. The second kappa shape index (κ2) is 6.01. The number of hydrogen-bond donors (Lipinski definition) is 2. The fourth-order valence-electron chi connectivity index (χ4n) is 2.62. The minimum absolute atomic E-state index is 0.0114. The van der Waals surface area contributed by atoms with Crippen molar-refractivity contribution in [3.05, 3.63) is 18.2 Å². The Morgan fingerprint density at radius 2 is 2.00 bits per heavy atom. The van der Waals surface area contributed by atoms with Crippen LogP contribution < -0.4 is 15.2 Å². The van der Waals surface area contributed by atoms with Crippen LogP contribution in [0.2, 0.25) is 0 Å². The van der Waals surface area contributed by atoms with E-state index in [-0.39, 0.29) is 10.9 Å². The molecule has 0 aliphatic heterocycles. The number of nitrogens with one attached hydrogen (secondary N) is 1. The molecule has 0 radical (unpaired) electrons. The van der Waals surface area contributed by atoms with Gasteiger partial charge in [-0.25, -0.2) is 13.1 Å². The molecule has 2 rings (SSSR count). The maximum absolute atomic E-state index is 12.4. The number of ether oxygens (including phenoxy) is 1. The Morgan fingerprint density at radius 3 is 2.65 bits per heavy atom. The van der Waals surface area contributed by atoms with Gasteiger partial charge in [0.1, 0.15) is 5.75 Å². The van der Waals surface area contributed by atoms with Gasteiger partial charge in [0.15, 0.2) is 0 Å². The minimum atomic E-state index is -3.53. The molecular formula is C14H22N2O3S. The molecule has 1 aliphatic rings. The lowest BCUT2D eigenvalue weighted by Gasteiger charge is -2.29. The fraction of sp³-hybridized carbons (Fsp3) is 0.571. The summed E-state index contributed by atoms with van der Waals surface area (Å²) in [7, 11) is -2.06. The van der Waals surface area contributed by atoms with E-state index in [1.165, 1.54) is 25.7 Å². The van der Waals surface area contributed by atoms with Crippen molar-refractivity contribution < 1.29 is 13.2 Å². The molecule has 2 unspecified atom stereocenters. The zero-order valence-corrected chi connectivity index (χ0v) is 12.7. The highest BCUT2D eigenvalue weighted by molar-refractivity contribution is 7.89. The van der Waals surface area contributed by atoms with Crippen LogP contribution in [0, 0.1) is 5.92 Å². The van der Waals surface area contributed by atoms with Crippen LogP contribution in [-0.4, -0.2) is 21.6 Å². The number of anilines is 1. The van der Waals surface area contributed by atoms with E-state index in [1.54, 1.807) is 6.07 Å². The third-order valence-electron chi connectivity index (χ3n) is 3.93. The molecule has 0 bridgehead atoms.